The zero-order valence-corrected chi connectivity index (χ0v) is 11.3. The van der Waals surface area contributed by atoms with Crippen LogP contribution < -0.4 is 4.72 Å². The lowest BCUT2D eigenvalue weighted by molar-refractivity contribution is -0.137. The van der Waals surface area contributed by atoms with E-state index in [1.165, 1.54) is 12.4 Å². The minimum absolute atomic E-state index is 0.0289. The maximum Gasteiger partial charge on any atom is 0.417 e. The van der Waals surface area contributed by atoms with E-state index >= 15 is 0 Å². The first-order valence-corrected chi connectivity index (χ1v) is 7.19. The number of hydrogen-bond donors (Lipinski definition) is 1. The lowest BCUT2D eigenvalue weighted by Crippen LogP contribution is -2.24. The largest absolute Gasteiger partial charge is 0.417 e. The standard InChI is InChI=1S/C12H10F3N3O2S/c13-12(14,15)10-3-4-11(17-8-10)21(19,20)18-7-9-2-1-5-16-6-9/h1-6,8,18H,7H2. The van der Waals surface area contributed by atoms with Gasteiger partial charge in [0, 0.05) is 25.1 Å². The van der Waals surface area contributed by atoms with Crippen molar-refractivity contribution in [3.05, 3.63) is 54.0 Å². The summed E-state index contributed by atoms with van der Waals surface area (Å²) in [6, 6.07) is 4.79. The van der Waals surface area contributed by atoms with Gasteiger partial charge in [0.15, 0.2) is 5.03 Å². The van der Waals surface area contributed by atoms with E-state index in [-0.39, 0.29) is 6.54 Å². The van der Waals surface area contributed by atoms with E-state index in [4.69, 9.17) is 0 Å². The molecule has 0 fully saturated rings. The SMILES string of the molecule is O=S(=O)(NCc1cccnc1)c1ccc(C(F)(F)F)cn1. The molecular formula is C12H10F3N3O2S. The molecule has 2 aromatic rings. The third kappa shape index (κ3) is 3.99. The Kier molecular flexibility index (Phi) is 4.24. The summed E-state index contributed by atoms with van der Waals surface area (Å²) in [7, 11) is -3.98. The summed E-state index contributed by atoms with van der Waals surface area (Å²) in [5.41, 5.74) is -0.387. The molecule has 2 rings (SSSR count). The van der Waals surface area contributed by atoms with E-state index in [0.29, 0.717) is 17.8 Å². The van der Waals surface area contributed by atoms with Gasteiger partial charge in [-0.15, -0.1) is 0 Å². The molecular weight excluding hydrogens is 307 g/mol. The van der Waals surface area contributed by atoms with Gasteiger partial charge in [0.2, 0.25) is 0 Å². The number of sulfonamides is 1. The molecule has 0 unspecified atom stereocenters. The van der Waals surface area contributed by atoms with Gasteiger partial charge in [0.25, 0.3) is 10.0 Å². The number of hydrogen-bond acceptors (Lipinski definition) is 4. The molecule has 21 heavy (non-hydrogen) atoms. The van der Waals surface area contributed by atoms with Crippen molar-refractivity contribution in [1.82, 2.24) is 14.7 Å². The molecule has 0 bridgehead atoms. The molecule has 112 valence electrons. The monoisotopic (exact) mass is 317 g/mol. The van der Waals surface area contributed by atoms with Gasteiger partial charge in [-0.1, -0.05) is 6.07 Å². The van der Waals surface area contributed by atoms with Crippen LogP contribution in [0.1, 0.15) is 11.1 Å². The predicted molar refractivity (Wildman–Crippen MR) is 67.5 cm³/mol. The second kappa shape index (κ2) is 5.78. The van der Waals surface area contributed by atoms with Crippen LogP contribution >= 0.6 is 0 Å². The smallest absolute Gasteiger partial charge is 0.264 e. The normalized spacial score (nSPS) is 12.3. The average Bonchev–Trinajstić information content (AvgIpc) is 2.46. The Labute approximate surface area is 118 Å². The molecule has 0 saturated carbocycles. The highest BCUT2D eigenvalue weighted by atomic mass is 32.2. The van der Waals surface area contributed by atoms with Crippen LogP contribution in [0, 0.1) is 0 Å². The van der Waals surface area contributed by atoms with E-state index in [1.54, 1.807) is 12.1 Å². The van der Waals surface area contributed by atoms with Gasteiger partial charge in [-0.2, -0.15) is 13.2 Å². The first-order valence-electron chi connectivity index (χ1n) is 5.71. The first kappa shape index (κ1) is 15.4. The number of rotatable bonds is 4. The zero-order chi connectivity index (χ0) is 15.5. The van der Waals surface area contributed by atoms with Gasteiger partial charge in [0.1, 0.15) is 0 Å². The molecule has 2 aromatic heterocycles. The molecule has 0 saturated heterocycles. The third-order valence-electron chi connectivity index (χ3n) is 2.53. The fraction of sp³-hybridized carbons (Fsp3) is 0.167. The fourth-order valence-electron chi connectivity index (χ4n) is 1.46. The summed E-state index contributed by atoms with van der Waals surface area (Å²) in [4.78, 5) is 7.16. The van der Waals surface area contributed by atoms with Gasteiger partial charge >= 0.3 is 6.18 Å². The number of pyridine rings is 2. The highest BCUT2D eigenvalue weighted by molar-refractivity contribution is 7.89. The van der Waals surface area contributed by atoms with Crippen molar-refractivity contribution in [1.29, 1.82) is 0 Å². The van der Waals surface area contributed by atoms with Crippen LogP contribution in [0.15, 0.2) is 47.9 Å². The Morgan fingerprint density at radius 2 is 1.90 bits per heavy atom. The number of alkyl halides is 3. The summed E-state index contributed by atoms with van der Waals surface area (Å²) in [6.45, 7) is -0.0289. The maximum absolute atomic E-state index is 12.4. The van der Waals surface area contributed by atoms with E-state index in [2.05, 4.69) is 14.7 Å². The molecule has 0 radical (unpaired) electrons. The summed E-state index contributed by atoms with van der Waals surface area (Å²) < 4.78 is 63.1. The van der Waals surface area contributed by atoms with Crippen molar-refractivity contribution in [3.8, 4) is 0 Å². The van der Waals surface area contributed by atoms with Crippen LogP contribution in [0.25, 0.3) is 0 Å². The second-order valence-corrected chi connectivity index (χ2v) is 5.78. The van der Waals surface area contributed by atoms with Crippen molar-refractivity contribution in [3.63, 3.8) is 0 Å². The second-order valence-electron chi connectivity index (χ2n) is 4.07. The highest BCUT2D eigenvalue weighted by Gasteiger charge is 2.31. The van der Waals surface area contributed by atoms with E-state index in [0.717, 1.165) is 6.07 Å². The summed E-state index contributed by atoms with van der Waals surface area (Å²) in [5.74, 6) is 0. The molecule has 0 spiro atoms. The highest BCUT2D eigenvalue weighted by Crippen LogP contribution is 2.28. The van der Waals surface area contributed by atoms with Crippen molar-refractivity contribution < 1.29 is 21.6 Å². The Morgan fingerprint density at radius 3 is 2.43 bits per heavy atom. The quantitative estimate of drug-likeness (QED) is 0.936. The number of aromatic nitrogens is 2. The van der Waals surface area contributed by atoms with Crippen molar-refractivity contribution in [2.45, 2.75) is 17.7 Å². The molecule has 9 heteroatoms. The van der Waals surface area contributed by atoms with E-state index in [1.807, 2.05) is 0 Å². The molecule has 2 heterocycles. The molecule has 0 amide bonds. The Hall–Kier alpha value is -2.00. The molecule has 0 atom stereocenters. The molecule has 5 nitrogen and oxygen atoms in total. The van der Waals surface area contributed by atoms with Crippen molar-refractivity contribution >= 4 is 10.0 Å². The lowest BCUT2D eigenvalue weighted by Gasteiger charge is -2.08. The van der Waals surface area contributed by atoms with Crippen LogP contribution in [0.3, 0.4) is 0 Å². The molecule has 0 aromatic carbocycles. The van der Waals surface area contributed by atoms with Crippen LogP contribution in [0.4, 0.5) is 13.2 Å². The van der Waals surface area contributed by atoms with E-state index < -0.39 is 26.8 Å². The Bertz CT molecular complexity index is 701. The van der Waals surface area contributed by atoms with E-state index in [9.17, 15) is 21.6 Å². The number of halogens is 3. The third-order valence-corrected chi connectivity index (χ3v) is 3.84. The minimum Gasteiger partial charge on any atom is -0.264 e. The van der Waals surface area contributed by atoms with Crippen molar-refractivity contribution in [2.75, 3.05) is 0 Å². The van der Waals surface area contributed by atoms with Gasteiger partial charge in [-0.25, -0.2) is 18.1 Å². The van der Waals surface area contributed by atoms with Gasteiger partial charge in [-0.05, 0) is 23.8 Å². The maximum atomic E-state index is 12.4. The van der Waals surface area contributed by atoms with Crippen LogP contribution in [-0.4, -0.2) is 18.4 Å². The van der Waals surface area contributed by atoms with Gasteiger partial charge in [-0.3, -0.25) is 4.98 Å². The average molecular weight is 317 g/mol. The zero-order valence-electron chi connectivity index (χ0n) is 10.5. The Balaban J connectivity index is 2.13. The summed E-state index contributed by atoms with van der Waals surface area (Å²) in [6.07, 6.45) is -1.06. The van der Waals surface area contributed by atoms with Gasteiger partial charge < -0.3 is 0 Å². The summed E-state index contributed by atoms with van der Waals surface area (Å²) in [5, 5.41) is -0.473. The minimum atomic E-state index is -4.56. The summed E-state index contributed by atoms with van der Waals surface area (Å²) >= 11 is 0. The molecule has 0 aliphatic rings. The predicted octanol–water partition coefficient (Wildman–Crippen LogP) is 1.97. The van der Waals surface area contributed by atoms with Crippen LogP contribution in [-0.2, 0) is 22.7 Å². The molecule has 0 aliphatic carbocycles. The van der Waals surface area contributed by atoms with Crippen molar-refractivity contribution in [2.24, 2.45) is 0 Å². The number of nitrogens with zero attached hydrogens (tertiary/aromatic N) is 2. The molecule has 0 aliphatic heterocycles. The molecule has 1 N–H and O–H groups in total. The number of nitrogens with one attached hydrogen (secondary N) is 1. The lowest BCUT2D eigenvalue weighted by atomic mass is 10.3. The van der Waals surface area contributed by atoms with Crippen LogP contribution in [0.5, 0.6) is 0 Å². The Morgan fingerprint density at radius 1 is 1.14 bits per heavy atom. The fourth-order valence-corrected chi connectivity index (χ4v) is 2.41. The first-order chi connectivity index (χ1) is 9.79. The van der Waals surface area contributed by atoms with Gasteiger partial charge in [0.05, 0.1) is 5.56 Å². The van der Waals surface area contributed by atoms with Crippen LogP contribution in [0.2, 0.25) is 0 Å². The topological polar surface area (TPSA) is 72.0 Å².